The van der Waals surface area contributed by atoms with Crippen molar-refractivity contribution in [1.29, 1.82) is 0 Å². The van der Waals surface area contributed by atoms with Crippen LogP contribution in [0.2, 0.25) is 0 Å². The molecule has 2 aromatic carbocycles. The van der Waals surface area contributed by atoms with Crippen LogP contribution in [0.3, 0.4) is 0 Å². The Bertz CT molecular complexity index is 662. The largest absolute Gasteiger partial charge is 0.331 e. The van der Waals surface area contributed by atoms with Crippen molar-refractivity contribution in [2.45, 2.75) is 25.4 Å². The van der Waals surface area contributed by atoms with Gasteiger partial charge in [-0.3, -0.25) is 0 Å². The van der Waals surface area contributed by atoms with Crippen molar-refractivity contribution in [2.24, 2.45) is 0 Å². The van der Waals surface area contributed by atoms with E-state index >= 15 is 0 Å². The number of fused-ring (bicyclic) bond motifs is 1. The molecule has 3 heteroatoms. The summed E-state index contributed by atoms with van der Waals surface area (Å²) in [6.07, 6.45) is 2.82. The maximum absolute atomic E-state index is 2.34. The minimum atomic E-state index is 0.925. The van der Waals surface area contributed by atoms with E-state index in [1.807, 2.05) is 4.90 Å². The highest BCUT2D eigenvalue weighted by Crippen LogP contribution is 2.17. The molecule has 0 aromatic heterocycles. The molecule has 2 fully saturated rings. The van der Waals surface area contributed by atoms with Crippen molar-refractivity contribution in [1.82, 2.24) is 0 Å². The Morgan fingerprint density at radius 1 is 0.833 bits per heavy atom. The lowest BCUT2D eigenvalue weighted by Crippen LogP contribution is -3.29. The third-order valence-electron chi connectivity index (χ3n) is 6.34. The maximum atomic E-state index is 2.34. The topological polar surface area (TPSA) is 13.3 Å². The molecule has 2 aromatic rings. The number of hydrogen-bond acceptors (Lipinski definition) is 0. The summed E-state index contributed by atoms with van der Waals surface area (Å²) in [5.41, 5.74) is 1.53. The van der Waals surface area contributed by atoms with Gasteiger partial charge in [0.2, 0.25) is 0 Å². The van der Waals surface area contributed by atoms with E-state index in [1.165, 1.54) is 75.0 Å². The molecule has 0 unspecified atom stereocenters. The van der Waals surface area contributed by atoms with Gasteiger partial charge in [-0.2, -0.15) is 0 Å². The molecule has 0 bridgehead atoms. The van der Waals surface area contributed by atoms with Crippen LogP contribution < -0.4 is 14.7 Å². The van der Waals surface area contributed by atoms with E-state index in [9.17, 15) is 0 Å². The monoisotopic (exact) mass is 326 g/mol. The second-order valence-electron chi connectivity index (χ2n) is 7.95. The Morgan fingerprint density at radius 3 is 2.33 bits per heavy atom. The molecular weight excluding hydrogens is 294 g/mol. The number of benzene rings is 2. The van der Waals surface area contributed by atoms with E-state index in [1.54, 1.807) is 9.80 Å². The number of likely N-dealkylation sites (N-methyl/N-ethyl adjacent to an activating group) is 1. The van der Waals surface area contributed by atoms with Crippen LogP contribution in [0.1, 0.15) is 18.4 Å². The molecule has 3 nitrogen and oxygen atoms in total. The van der Waals surface area contributed by atoms with Crippen molar-refractivity contribution in [3.8, 4) is 0 Å². The lowest BCUT2D eigenvalue weighted by Gasteiger charge is -2.37. The first-order valence-corrected chi connectivity index (χ1v) is 9.75. The molecule has 0 aliphatic carbocycles. The van der Waals surface area contributed by atoms with Gasteiger partial charge in [-0.25, -0.2) is 0 Å². The average molecular weight is 327 g/mol. The number of nitrogens with one attached hydrogen (secondary N) is 3. The minimum absolute atomic E-state index is 0.925. The van der Waals surface area contributed by atoms with Crippen LogP contribution in [-0.4, -0.2) is 52.4 Å². The summed E-state index contributed by atoms with van der Waals surface area (Å²) in [4.78, 5) is 5.39. The number of rotatable bonds is 3. The summed E-state index contributed by atoms with van der Waals surface area (Å²) in [6.45, 7) is 9.37. The first-order chi connectivity index (χ1) is 11.8. The number of hydrogen-bond donors (Lipinski definition) is 3. The standard InChI is InChI=1S/C21H29N3/c1-22-13-15-24(16-14-22)20-9-11-23(12-10-20)17-19-7-4-6-18-5-2-3-8-21(18)19/h2-8,20H,9-17H2,1H3/p+3. The van der Waals surface area contributed by atoms with E-state index in [4.69, 9.17) is 0 Å². The average Bonchev–Trinajstić information content (AvgIpc) is 2.63. The van der Waals surface area contributed by atoms with Crippen LogP contribution in [0.5, 0.6) is 0 Å². The summed E-state index contributed by atoms with van der Waals surface area (Å²) in [6, 6.07) is 16.5. The fourth-order valence-electron chi connectivity index (χ4n) is 4.73. The van der Waals surface area contributed by atoms with Crippen molar-refractivity contribution in [3.63, 3.8) is 0 Å². The summed E-state index contributed by atoms with van der Waals surface area (Å²) in [5.74, 6) is 0. The lowest BCUT2D eigenvalue weighted by atomic mass is 10.00. The maximum Gasteiger partial charge on any atom is 0.127 e. The van der Waals surface area contributed by atoms with Gasteiger partial charge in [0.05, 0.1) is 26.2 Å². The summed E-state index contributed by atoms with van der Waals surface area (Å²) >= 11 is 0. The molecule has 128 valence electrons. The van der Waals surface area contributed by atoms with Crippen molar-refractivity contribution in [3.05, 3.63) is 48.0 Å². The Hall–Kier alpha value is -1.42. The Balaban J connectivity index is 1.36. The van der Waals surface area contributed by atoms with Gasteiger partial charge in [0.1, 0.15) is 32.7 Å². The summed E-state index contributed by atoms with van der Waals surface area (Å²) < 4.78 is 0. The molecule has 2 aliphatic rings. The predicted octanol–water partition coefficient (Wildman–Crippen LogP) is -1.20. The van der Waals surface area contributed by atoms with Gasteiger partial charge in [-0.05, 0) is 10.8 Å². The highest BCUT2D eigenvalue weighted by molar-refractivity contribution is 5.85. The van der Waals surface area contributed by atoms with Crippen LogP contribution in [0.15, 0.2) is 42.5 Å². The van der Waals surface area contributed by atoms with Gasteiger partial charge in [-0.1, -0.05) is 42.5 Å². The van der Waals surface area contributed by atoms with Crippen LogP contribution in [0.25, 0.3) is 10.8 Å². The van der Waals surface area contributed by atoms with Gasteiger partial charge >= 0.3 is 0 Å². The second kappa shape index (κ2) is 7.22. The molecule has 2 heterocycles. The zero-order chi connectivity index (χ0) is 16.4. The zero-order valence-electron chi connectivity index (χ0n) is 15.0. The highest BCUT2D eigenvalue weighted by Gasteiger charge is 2.32. The van der Waals surface area contributed by atoms with Gasteiger partial charge in [0, 0.05) is 18.4 Å². The van der Waals surface area contributed by atoms with Crippen molar-refractivity contribution >= 4 is 10.8 Å². The van der Waals surface area contributed by atoms with Crippen molar-refractivity contribution in [2.75, 3.05) is 46.3 Å². The Morgan fingerprint density at radius 2 is 1.54 bits per heavy atom. The van der Waals surface area contributed by atoms with Gasteiger partial charge in [-0.15, -0.1) is 0 Å². The molecule has 4 rings (SSSR count). The van der Waals surface area contributed by atoms with E-state index in [0.29, 0.717) is 0 Å². The van der Waals surface area contributed by atoms with E-state index in [0.717, 1.165) is 6.04 Å². The number of likely N-dealkylation sites (tertiary alicyclic amines) is 1. The van der Waals surface area contributed by atoms with E-state index in [-0.39, 0.29) is 0 Å². The number of piperidine rings is 1. The van der Waals surface area contributed by atoms with Crippen LogP contribution in [-0.2, 0) is 6.54 Å². The molecule has 2 aliphatic heterocycles. The predicted molar refractivity (Wildman–Crippen MR) is 98.7 cm³/mol. The Labute approximate surface area is 145 Å². The van der Waals surface area contributed by atoms with Gasteiger partial charge in [0.25, 0.3) is 0 Å². The first-order valence-electron chi connectivity index (χ1n) is 9.75. The third kappa shape index (κ3) is 3.49. The molecular formula is C21H32N3+3. The van der Waals surface area contributed by atoms with E-state index < -0.39 is 0 Å². The van der Waals surface area contributed by atoms with Gasteiger partial charge in [0.15, 0.2) is 0 Å². The first kappa shape index (κ1) is 16.1. The molecule has 3 N–H and O–H groups in total. The lowest BCUT2D eigenvalue weighted by molar-refractivity contribution is -1.02. The van der Waals surface area contributed by atoms with Crippen molar-refractivity contribution < 1.29 is 14.7 Å². The highest BCUT2D eigenvalue weighted by atomic mass is 15.3. The molecule has 0 radical (unpaired) electrons. The summed E-state index contributed by atoms with van der Waals surface area (Å²) in [7, 11) is 2.34. The molecule has 2 saturated heterocycles. The third-order valence-corrected chi connectivity index (χ3v) is 6.34. The number of quaternary nitrogens is 3. The minimum Gasteiger partial charge on any atom is -0.331 e. The summed E-state index contributed by atoms with van der Waals surface area (Å²) in [5, 5.41) is 2.83. The van der Waals surface area contributed by atoms with Crippen LogP contribution in [0.4, 0.5) is 0 Å². The molecule has 0 amide bonds. The SMILES string of the molecule is C[NH+]1CC[NH+](C2CC[NH+](Cc3cccc4ccccc34)CC2)CC1. The number of piperazine rings is 1. The quantitative estimate of drug-likeness (QED) is 0.627. The molecule has 24 heavy (non-hydrogen) atoms. The molecule has 0 spiro atoms. The van der Waals surface area contributed by atoms with E-state index in [2.05, 4.69) is 49.5 Å². The Kier molecular flexibility index (Phi) is 4.83. The fourth-order valence-corrected chi connectivity index (χ4v) is 4.73. The fraction of sp³-hybridized carbons (Fsp3) is 0.524. The second-order valence-corrected chi connectivity index (χ2v) is 7.95. The normalized spacial score (nSPS) is 31.2. The van der Waals surface area contributed by atoms with Crippen LogP contribution in [0, 0.1) is 0 Å². The molecule has 0 atom stereocenters. The smallest absolute Gasteiger partial charge is 0.127 e. The van der Waals surface area contributed by atoms with Gasteiger partial charge < -0.3 is 14.7 Å². The zero-order valence-corrected chi connectivity index (χ0v) is 15.0. The van der Waals surface area contributed by atoms with Crippen LogP contribution >= 0.6 is 0 Å². The molecule has 0 saturated carbocycles.